The highest BCUT2D eigenvalue weighted by atomic mass is 32.1. The lowest BCUT2D eigenvalue weighted by atomic mass is 10.1. The Balaban J connectivity index is 2.67. The van der Waals surface area contributed by atoms with Crippen LogP contribution in [0.2, 0.25) is 0 Å². The Morgan fingerprint density at radius 3 is 2.53 bits per heavy atom. The van der Waals surface area contributed by atoms with E-state index < -0.39 is 23.7 Å². The monoisotopic (exact) mass is 285 g/mol. The van der Waals surface area contributed by atoms with Gasteiger partial charge in [-0.25, -0.2) is 9.59 Å². The summed E-state index contributed by atoms with van der Waals surface area (Å²) in [7, 11) is 0. The van der Waals surface area contributed by atoms with Gasteiger partial charge in [0.2, 0.25) is 0 Å². The topological polar surface area (TPSA) is 75.6 Å². The van der Waals surface area contributed by atoms with Crippen LogP contribution in [0.1, 0.15) is 31.2 Å². The molecule has 2 N–H and O–H groups in total. The number of carboxylic acids is 1. The summed E-state index contributed by atoms with van der Waals surface area (Å²) in [6.07, 6.45) is -0.452. The fourth-order valence-corrected chi connectivity index (χ4v) is 2.40. The molecular weight excluding hydrogens is 266 g/mol. The second kappa shape index (κ2) is 6.06. The number of nitrogens with one attached hydrogen (secondary N) is 1. The zero-order valence-corrected chi connectivity index (χ0v) is 12.3. The number of carbonyl (C=O) groups excluding carboxylic acids is 1. The van der Waals surface area contributed by atoms with Crippen molar-refractivity contribution in [2.75, 3.05) is 0 Å². The molecule has 0 saturated carbocycles. The molecule has 1 amide bonds. The molecule has 0 aliphatic rings. The van der Waals surface area contributed by atoms with Gasteiger partial charge in [-0.15, -0.1) is 11.3 Å². The second-order valence-corrected chi connectivity index (χ2v) is 6.27. The SMILES string of the molecule is Cc1ccsc1CC(NC(=O)OC(C)(C)C)C(=O)O. The van der Waals surface area contributed by atoms with Gasteiger partial charge in [-0.2, -0.15) is 0 Å². The third-order valence-electron chi connectivity index (χ3n) is 2.35. The largest absolute Gasteiger partial charge is 0.480 e. The third kappa shape index (κ3) is 5.30. The highest BCUT2D eigenvalue weighted by Crippen LogP contribution is 2.18. The van der Waals surface area contributed by atoms with E-state index in [0.717, 1.165) is 10.4 Å². The zero-order chi connectivity index (χ0) is 14.6. The number of aryl methyl sites for hydroxylation is 1. The Hall–Kier alpha value is -1.56. The Morgan fingerprint density at radius 2 is 2.11 bits per heavy atom. The summed E-state index contributed by atoms with van der Waals surface area (Å²) in [6, 6.07) is 0.944. The molecule has 0 aliphatic carbocycles. The number of alkyl carbamates (subject to hydrolysis) is 1. The number of hydrogen-bond acceptors (Lipinski definition) is 4. The van der Waals surface area contributed by atoms with Crippen LogP contribution in [0.5, 0.6) is 0 Å². The molecular formula is C13H19NO4S. The molecule has 1 aromatic heterocycles. The van der Waals surface area contributed by atoms with E-state index in [1.807, 2.05) is 18.4 Å². The maximum atomic E-state index is 11.6. The molecule has 1 unspecified atom stereocenters. The van der Waals surface area contributed by atoms with Crippen molar-refractivity contribution in [2.24, 2.45) is 0 Å². The first-order valence-corrected chi connectivity index (χ1v) is 6.82. The van der Waals surface area contributed by atoms with Crippen molar-refractivity contribution in [1.82, 2.24) is 5.32 Å². The Kier molecular flexibility index (Phi) is 4.94. The van der Waals surface area contributed by atoms with E-state index in [1.165, 1.54) is 11.3 Å². The van der Waals surface area contributed by atoms with Gasteiger partial charge < -0.3 is 15.2 Å². The minimum Gasteiger partial charge on any atom is -0.480 e. The molecule has 0 bridgehead atoms. The average Bonchev–Trinajstić information content (AvgIpc) is 2.60. The van der Waals surface area contributed by atoms with Gasteiger partial charge in [0, 0.05) is 11.3 Å². The van der Waals surface area contributed by atoms with Crippen molar-refractivity contribution in [3.05, 3.63) is 21.9 Å². The van der Waals surface area contributed by atoms with Gasteiger partial charge in [0.25, 0.3) is 0 Å². The summed E-state index contributed by atoms with van der Waals surface area (Å²) >= 11 is 1.48. The first-order chi connectivity index (χ1) is 8.69. The first kappa shape index (κ1) is 15.5. The number of aliphatic carboxylic acids is 1. The van der Waals surface area contributed by atoms with E-state index in [0.29, 0.717) is 0 Å². The highest BCUT2D eigenvalue weighted by Gasteiger charge is 2.24. The van der Waals surface area contributed by atoms with Gasteiger partial charge in [0.1, 0.15) is 11.6 Å². The third-order valence-corrected chi connectivity index (χ3v) is 3.39. The zero-order valence-electron chi connectivity index (χ0n) is 11.5. The fourth-order valence-electron chi connectivity index (χ4n) is 1.45. The van der Waals surface area contributed by atoms with Crippen LogP contribution >= 0.6 is 11.3 Å². The number of carboxylic acid groups (broad SMARTS) is 1. The molecule has 19 heavy (non-hydrogen) atoms. The summed E-state index contributed by atoms with van der Waals surface area (Å²) in [6.45, 7) is 7.10. The van der Waals surface area contributed by atoms with Gasteiger partial charge in [0.05, 0.1) is 0 Å². The Bertz CT molecular complexity index is 461. The molecule has 0 radical (unpaired) electrons. The number of carbonyl (C=O) groups is 2. The number of rotatable bonds is 4. The quantitative estimate of drug-likeness (QED) is 0.891. The van der Waals surface area contributed by atoms with E-state index in [-0.39, 0.29) is 6.42 Å². The fraction of sp³-hybridized carbons (Fsp3) is 0.538. The van der Waals surface area contributed by atoms with Crippen molar-refractivity contribution < 1.29 is 19.4 Å². The molecule has 0 aromatic carbocycles. The van der Waals surface area contributed by atoms with E-state index in [2.05, 4.69) is 5.32 Å². The highest BCUT2D eigenvalue weighted by molar-refractivity contribution is 7.10. The van der Waals surface area contributed by atoms with Crippen LogP contribution in [-0.4, -0.2) is 28.8 Å². The second-order valence-electron chi connectivity index (χ2n) is 5.27. The lowest BCUT2D eigenvalue weighted by Crippen LogP contribution is -2.44. The minimum absolute atomic E-state index is 0.262. The van der Waals surface area contributed by atoms with Crippen molar-refractivity contribution in [3.8, 4) is 0 Å². The van der Waals surface area contributed by atoms with Gasteiger partial charge in [-0.3, -0.25) is 0 Å². The van der Waals surface area contributed by atoms with Crippen molar-refractivity contribution in [1.29, 1.82) is 0 Å². The minimum atomic E-state index is -1.07. The molecule has 1 rings (SSSR count). The van der Waals surface area contributed by atoms with Crippen LogP contribution in [-0.2, 0) is 16.0 Å². The van der Waals surface area contributed by atoms with E-state index >= 15 is 0 Å². The smallest absolute Gasteiger partial charge is 0.408 e. The molecule has 0 saturated heterocycles. The lowest BCUT2D eigenvalue weighted by molar-refractivity contribution is -0.139. The molecule has 0 aliphatic heterocycles. The molecule has 5 nitrogen and oxygen atoms in total. The molecule has 1 atom stereocenters. The van der Waals surface area contributed by atoms with Gasteiger partial charge in [0.15, 0.2) is 0 Å². The Morgan fingerprint density at radius 1 is 1.47 bits per heavy atom. The average molecular weight is 285 g/mol. The van der Waals surface area contributed by atoms with E-state index in [9.17, 15) is 9.59 Å². The molecule has 0 spiro atoms. The molecule has 1 heterocycles. The van der Waals surface area contributed by atoms with Crippen LogP contribution in [0.4, 0.5) is 4.79 Å². The van der Waals surface area contributed by atoms with Crippen molar-refractivity contribution in [2.45, 2.75) is 45.8 Å². The predicted octanol–water partition coefficient (Wildman–Crippen LogP) is 2.58. The molecule has 0 fully saturated rings. The van der Waals surface area contributed by atoms with E-state index in [4.69, 9.17) is 9.84 Å². The number of amides is 1. The summed E-state index contributed by atoms with van der Waals surface area (Å²) in [4.78, 5) is 23.7. The van der Waals surface area contributed by atoms with Crippen LogP contribution in [0.25, 0.3) is 0 Å². The normalized spacial score (nSPS) is 12.8. The number of hydrogen-bond donors (Lipinski definition) is 2. The number of thiophene rings is 1. The van der Waals surface area contributed by atoms with E-state index in [1.54, 1.807) is 20.8 Å². The summed E-state index contributed by atoms with van der Waals surface area (Å²) in [5.41, 5.74) is 0.383. The van der Waals surface area contributed by atoms with Crippen LogP contribution in [0.3, 0.4) is 0 Å². The molecule has 6 heteroatoms. The van der Waals surface area contributed by atoms with Crippen LogP contribution in [0, 0.1) is 6.92 Å². The summed E-state index contributed by atoms with van der Waals surface area (Å²) < 4.78 is 5.06. The summed E-state index contributed by atoms with van der Waals surface area (Å²) in [5.74, 6) is -1.07. The van der Waals surface area contributed by atoms with Gasteiger partial charge in [-0.1, -0.05) is 0 Å². The molecule has 106 valence electrons. The maximum absolute atomic E-state index is 11.6. The predicted molar refractivity (Wildman–Crippen MR) is 73.6 cm³/mol. The summed E-state index contributed by atoms with van der Waals surface area (Å²) in [5, 5.41) is 13.4. The first-order valence-electron chi connectivity index (χ1n) is 5.94. The maximum Gasteiger partial charge on any atom is 0.408 e. The molecule has 1 aromatic rings. The standard InChI is InChI=1S/C13H19NO4S/c1-8-5-6-19-10(8)7-9(11(15)16)14-12(17)18-13(2,3)4/h5-6,9H,7H2,1-4H3,(H,14,17)(H,15,16). The van der Waals surface area contributed by atoms with Gasteiger partial charge >= 0.3 is 12.1 Å². The van der Waals surface area contributed by atoms with Crippen molar-refractivity contribution >= 4 is 23.4 Å². The van der Waals surface area contributed by atoms with Crippen LogP contribution < -0.4 is 5.32 Å². The number of ether oxygens (including phenoxy) is 1. The lowest BCUT2D eigenvalue weighted by Gasteiger charge is -2.21. The van der Waals surface area contributed by atoms with Gasteiger partial charge in [-0.05, 0) is 44.7 Å². The Labute approximate surface area is 116 Å². The van der Waals surface area contributed by atoms with Crippen LogP contribution in [0.15, 0.2) is 11.4 Å². The van der Waals surface area contributed by atoms with Crippen molar-refractivity contribution in [3.63, 3.8) is 0 Å².